The van der Waals surface area contributed by atoms with Crippen molar-refractivity contribution >= 4 is 5.91 Å². The molecule has 2 aliphatic rings. The third-order valence-corrected chi connectivity index (χ3v) is 5.68. The Bertz CT molecular complexity index is 807. The van der Waals surface area contributed by atoms with Crippen molar-refractivity contribution in [2.75, 3.05) is 13.1 Å². The van der Waals surface area contributed by atoms with Gasteiger partial charge in [-0.3, -0.25) is 4.79 Å². The molecule has 2 aromatic carbocycles. The van der Waals surface area contributed by atoms with Crippen LogP contribution in [0.2, 0.25) is 0 Å². The first-order valence-corrected chi connectivity index (χ1v) is 8.94. The van der Waals surface area contributed by atoms with E-state index in [1.54, 1.807) is 0 Å². The van der Waals surface area contributed by atoms with Crippen molar-refractivity contribution in [3.05, 3.63) is 70.3 Å². The second-order valence-electron chi connectivity index (χ2n) is 7.08. The van der Waals surface area contributed by atoms with Crippen LogP contribution in [0.1, 0.15) is 45.5 Å². The molecule has 2 aromatic rings. The van der Waals surface area contributed by atoms with Gasteiger partial charge in [0.05, 0.1) is 12.2 Å². The summed E-state index contributed by atoms with van der Waals surface area (Å²) in [6.45, 7) is 4.65. The van der Waals surface area contributed by atoms with Crippen molar-refractivity contribution < 1.29 is 9.53 Å². The van der Waals surface area contributed by atoms with Gasteiger partial charge in [-0.15, -0.1) is 0 Å². The monoisotopic (exact) mass is 336 g/mol. The Labute approximate surface area is 148 Å². The quantitative estimate of drug-likeness (QED) is 0.917. The number of ether oxygens (including phenoxy) is 1. The smallest absolute Gasteiger partial charge is 0.253 e. The Kier molecular flexibility index (Phi) is 4.10. The topological polar surface area (TPSA) is 55.6 Å². The van der Waals surface area contributed by atoms with Gasteiger partial charge in [-0.05, 0) is 54.2 Å². The average molecular weight is 336 g/mol. The van der Waals surface area contributed by atoms with Gasteiger partial charge in [0.1, 0.15) is 0 Å². The van der Waals surface area contributed by atoms with E-state index in [-0.39, 0.29) is 11.5 Å². The lowest BCUT2D eigenvalue weighted by Gasteiger charge is -2.39. The van der Waals surface area contributed by atoms with E-state index in [0.29, 0.717) is 13.2 Å². The minimum atomic E-state index is -0.202. The predicted octanol–water partition coefficient (Wildman–Crippen LogP) is 3.12. The van der Waals surface area contributed by atoms with Gasteiger partial charge in [-0.25, -0.2) is 0 Å². The predicted molar refractivity (Wildman–Crippen MR) is 97.1 cm³/mol. The SMILES string of the molecule is Cc1cc(C(=O)N2CCC3(CC2)OCc2ccccc23)ccc1CN. The molecule has 1 amide bonds. The van der Waals surface area contributed by atoms with Crippen molar-refractivity contribution in [2.45, 2.75) is 38.5 Å². The van der Waals surface area contributed by atoms with Gasteiger partial charge >= 0.3 is 0 Å². The molecule has 4 nitrogen and oxygen atoms in total. The van der Waals surface area contributed by atoms with Crippen LogP contribution in [-0.4, -0.2) is 23.9 Å². The van der Waals surface area contributed by atoms with Crippen molar-refractivity contribution in [3.8, 4) is 0 Å². The molecule has 0 saturated carbocycles. The number of amides is 1. The molecule has 25 heavy (non-hydrogen) atoms. The summed E-state index contributed by atoms with van der Waals surface area (Å²) in [5.41, 5.74) is 11.0. The lowest BCUT2D eigenvalue weighted by Crippen LogP contribution is -2.45. The van der Waals surface area contributed by atoms with Crippen LogP contribution < -0.4 is 5.73 Å². The summed E-state index contributed by atoms with van der Waals surface area (Å²) in [7, 11) is 0. The van der Waals surface area contributed by atoms with Crippen molar-refractivity contribution in [3.63, 3.8) is 0 Å². The molecule has 2 N–H and O–H groups in total. The van der Waals surface area contributed by atoms with Crippen LogP contribution in [0.15, 0.2) is 42.5 Å². The standard InChI is InChI=1S/C21H24N2O2/c1-15-12-16(6-7-17(15)13-22)20(24)23-10-8-21(9-11-23)19-5-3-2-4-18(19)14-25-21/h2-7,12H,8-11,13-14,22H2,1H3. The molecular formula is C21H24N2O2. The number of carbonyl (C=O) groups excluding carboxylic acids is 1. The van der Waals surface area contributed by atoms with E-state index < -0.39 is 0 Å². The van der Waals surface area contributed by atoms with E-state index in [2.05, 4.69) is 24.3 Å². The van der Waals surface area contributed by atoms with E-state index in [9.17, 15) is 4.79 Å². The number of rotatable bonds is 2. The fourth-order valence-corrected chi connectivity index (χ4v) is 4.11. The van der Waals surface area contributed by atoms with E-state index in [4.69, 9.17) is 10.5 Å². The fraction of sp³-hybridized carbons (Fsp3) is 0.381. The number of aryl methyl sites for hydroxylation is 1. The van der Waals surface area contributed by atoms with E-state index in [1.165, 1.54) is 11.1 Å². The maximum Gasteiger partial charge on any atom is 0.253 e. The van der Waals surface area contributed by atoms with Crippen LogP contribution in [-0.2, 0) is 23.5 Å². The highest BCUT2D eigenvalue weighted by atomic mass is 16.5. The molecule has 0 unspecified atom stereocenters. The lowest BCUT2D eigenvalue weighted by molar-refractivity contribution is -0.0741. The highest BCUT2D eigenvalue weighted by molar-refractivity contribution is 5.94. The Hall–Kier alpha value is -2.17. The molecule has 0 atom stereocenters. The van der Waals surface area contributed by atoms with E-state index in [0.717, 1.165) is 42.6 Å². The van der Waals surface area contributed by atoms with Gasteiger partial charge < -0.3 is 15.4 Å². The number of piperidine rings is 1. The van der Waals surface area contributed by atoms with Crippen LogP contribution in [0.25, 0.3) is 0 Å². The molecule has 0 bridgehead atoms. The van der Waals surface area contributed by atoms with Gasteiger partial charge in [0, 0.05) is 25.2 Å². The zero-order chi connectivity index (χ0) is 17.4. The molecule has 2 aliphatic heterocycles. The van der Waals surface area contributed by atoms with Crippen molar-refractivity contribution in [2.24, 2.45) is 5.73 Å². The normalized spacial score (nSPS) is 18.4. The zero-order valence-corrected chi connectivity index (χ0v) is 14.6. The Morgan fingerprint density at radius 2 is 1.96 bits per heavy atom. The zero-order valence-electron chi connectivity index (χ0n) is 14.6. The first-order chi connectivity index (χ1) is 12.1. The first kappa shape index (κ1) is 16.3. The molecular weight excluding hydrogens is 312 g/mol. The average Bonchev–Trinajstić information content (AvgIpc) is 3.00. The van der Waals surface area contributed by atoms with Gasteiger partial charge in [-0.1, -0.05) is 30.3 Å². The van der Waals surface area contributed by atoms with E-state index >= 15 is 0 Å². The maximum atomic E-state index is 12.9. The second kappa shape index (κ2) is 6.28. The van der Waals surface area contributed by atoms with Crippen LogP contribution in [0.3, 0.4) is 0 Å². The molecule has 2 heterocycles. The molecule has 0 radical (unpaired) electrons. The summed E-state index contributed by atoms with van der Waals surface area (Å²) < 4.78 is 6.18. The number of likely N-dealkylation sites (tertiary alicyclic amines) is 1. The van der Waals surface area contributed by atoms with Crippen LogP contribution >= 0.6 is 0 Å². The third kappa shape index (κ3) is 2.75. The number of fused-ring (bicyclic) bond motifs is 2. The van der Waals surface area contributed by atoms with Crippen molar-refractivity contribution in [1.82, 2.24) is 4.90 Å². The van der Waals surface area contributed by atoms with Gasteiger partial charge in [0.2, 0.25) is 0 Å². The summed E-state index contributed by atoms with van der Waals surface area (Å²) >= 11 is 0. The number of hydrogen-bond donors (Lipinski definition) is 1. The third-order valence-electron chi connectivity index (χ3n) is 5.68. The van der Waals surface area contributed by atoms with Crippen LogP contribution in [0, 0.1) is 6.92 Å². The molecule has 0 aliphatic carbocycles. The molecule has 0 aromatic heterocycles. The van der Waals surface area contributed by atoms with Crippen LogP contribution in [0.4, 0.5) is 0 Å². The van der Waals surface area contributed by atoms with E-state index in [1.807, 2.05) is 30.0 Å². The minimum absolute atomic E-state index is 0.104. The summed E-state index contributed by atoms with van der Waals surface area (Å²) in [6.07, 6.45) is 1.71. The Morgan fingerprint density at radius 3 is 2.68 bits per heavy atom. The largest absolute Gasteiger partial charge is 0.365 e. The number of nitrogens with zero attached hydrogens (tertiary/aromatic N) is 1. The summed E-state index contributed by atoms with van der Waals surface area (Å²) in [5, 5.41) is 0. The molecule has 1 fully saturated rings. The molecule has 4 rings (SSSR count). The number of benzene rings is 2. The van der Waals surface area contributed by atoms with Gasteiger partial charge in [-0.2, -0.15) is 0 Å². The molecule has 1 saturated heterocycles. The Balaban J connectivity index is 1.49. The lowest BCUT2D eigenvalue weighted by atomic mass is 9.83. The fourth-order valence-electron chi connectivity index (χ4n) is 4.11. The highest BCUT2D eigenvalue weighted by Gasteiger charge is 2.43. The summed E-state index contributed by atoms with van der Waals surface area (Å²) in [6, 6.07) is 14.3. The maximum absolute atomic E-state index is 12.9. The van der Waals surface area contributed by atoms with Gasteiger partial charge in [0.15, 0.2) is 0 Å². The molecule has 130 valence electrons. The molecule has 4 heteroatoms. The summed E-state index contributed by atoms with van der Waals surface area (Å²) in [5.74, 6) is 0.104. The summed E-state index contributed by atoms with van der Waals surface area (Å²) in [4.78, 5) is 14.8. The number of nitrogens with two attached hydrogens (primary N) is 1. The highest BCUT2D eigenvalue weighted by Crippen LogP contribution is 2.44. The van der Waals surface area contributed by atoms with Crippen molar-refractivity contribution in [1.29, 1.82) is 0 Å². The first-order valence-electron chi connectivity index (χ1n) is 8.94. The van der Waals surface area contributed by atoms with Gasteiger partial charge in [0.25, 0.3) is 5.91 Å². The minimum Gasteiger partial charge on any atom is -0.365 e. The Morgan fingerprint density at radius 1 is 1.20 bits per heavy atom. The second-order valence-corrected chi connectivity index (χ2v) is 7.08. The van der Waals surface area contributed by atoms with Crippen LogP contribution in [0.5, 0.6) is 0 Å². The number of carbonyl (C=O) groups is 1. The number of hydrogen-bond acceptors (Lipinski definition) is 3. The molecule has 1 spiro atoms.